The minimum Gasteiger partial charge on any atom is -0.350 e. The largest absolute Gasteiger partial charge is 0.350 e. The highest BCUT2D eigenvalue weighted by Gasteiger charge is 2.17. The Balaban J connectivity index is 1.79. The van der Waals surface area contributed by atoms with Crippen molar-refractivity contribution in [2.75, 3.05) is 13.2 Å². The number of rotatable bonds is 4. The van der Waals surface area contributed by atoms with E-state index in [1.165, 1.54) is 5.56 Å². The lowest BCUT2D eigenvalue weighted by molar-refractivity contribution is -0.0486. The quantitative estimate of drug-likeness (QED) is 0.819. The maximum atomic E-state index is 6.06. The van der Waals surface area contributed by atoms with Gasteiger partial charge in [-0.2, -0.15) is 0 Å². The van der Waals surface area contributed by atoms with E-state index in [0.29, 0.717) is 13.2 Å². The summed E-state index contributed by atoms with van der Waals surface area (Å²) < 4.78 is 10.7. The van der Waals surface area contributed by atoms with E-state index in [4.69, 9.17) is 15.2 Å². The zero-order valence-electron chi connectivity index (χ0n) is 8.76. The summed E-state index contributed by atoms with van der Waals surface area (Å²) in [4.78, 5) is 0. The third kappa shape index (κ3) is 3.02. The molecular formula is C12H17NO2. The Hall–Kier alpha value is -0.900. The first kappa shape index (κ1) is 10.6. The molecule has 1 aromatic rings. The molecule has 15 heavy (non-hydrogen) atoms. The van der Waals surface area contributed by atoms with E-state index in [9.17, 15) is 0 Å². The van der Waals surface area contributed by atoms with Crippen LogP contribution in [-0.2, 0) is 9.47 Å². The van der Waals surface area contributed by atoms with Crippen LogP contribution >= 0.6 is 0 Å². The summed E-state index contributed by atoms with van der Waals surface area (Å²) in [6.07, 6.45) is 1.73. The van der Waals surface area contributed by atoms with Crippen molar-refractivity contribution in [3.05, 3.63) is 35.9 Å². The highest BCUT2D eigenvalue weighted by molar-refractivity contribution is 5.18. The second-order valence-electron chi connectivity index (χ2n) is 3.77. The minimum atomic E-state index is -0.0419. The van der Waals surface area contributed by atoms with Gasteiger partial charge in [-0.1, -0.05) is 30.3 Å². The van der Waals surface area contributed by atoms with Gasteiger partial charge in [0, 0.05) is 12.5 Å². The standard InChI is InChI=1S/C12H17NO2/c13-11(10-4-2-1-3-5-10)6-7-12-14-8-9-15-12/h1-5,11-12H,6-9,13H2. The molecule has 0 amide bonds. The van der Waals surface area contributed by atoms with Gasteiger partial charge >= 0.3 is 0 Å². The SMILES string of the molecule is NC(CCC1OCCO1)c1ccccc1. The molecule has 0 aromatic heterocycles. The molecule has 0 aliphatic carbocycles. The van der Waals surface area contributed by atoms with Crippen LogP contribution in [0.2, 0.25) is 0 Å². The van der Waals surface area contributed by atoms with Crippen molar-refractivity contribution in [1.29, 1.82) is 0 Å². The molecule has 0 saturated carbocycles. The second kappa shape index (κ2) is 5.26. The molecule has 0 radical (unpaired) electrons. The van der Waals surface area contributed by atoms with Gasteiger partial charge < -0.3 is 15.2 Å². The summed E-state index contributed by atoms with van der Waals surface area (Å²) in [6.45, 7) is 1.43. The van der Waals surface area contributed by atoms with Crippen molar-refractivity contribution in [2.24, 2.45) is 5.73 Å². The van der Waals surface area contributed by atoms with E-state index < -0.39 is 0 Å². The van der Waals surface area contributed by atoms with E-state index in [1.807, 2.05) is 18.2 Å². The Labute approximate surface area is 90.2 Å². The summed E-state index contributed by atoms with van der Waals surface area (Å²) in [6, 6.07) is 10.2. The highest BCUT2D eigenvalue weighted by atomic mass is 16.7. The van der Waals surface area contributed by atoms with Crippen LogP contribution in [0, 0.1) is 0 Å². The van der Waals surface area contributed by atoms with E-state index in [0.717, 1.165) is 12.8 Å². The summed E-state index contributed by atoms with van der Waals surface area (Å²) >= 11 is 0. The Kier molecular flexibility index (Phi) is 3.72. The molecule has 1 saturated heterocycles. The molecule has 0 bridgehead atoms. The van der Waals surface area contributed by atoms with Gasteiger partial charge in [0.05, 0.1) is 13.2 Å². The van der Waals surface area contributed by atoms with Crippen LogP contribution < -0.4 is 5.73 Å². The lowest BCUT2D eigenvalue weighted by atomic mass is 10.0. The fourth-order valence-corrected chi connectivity index (χ4v) is 1.76. The average molecular weight is 207 g/mol. The van der Waals surface area contributed by atoms with E-state index in [-0.39, 0.29) is 12.3 Å². The highest BCUT2D eigenvalue weighted by Crippen LogP contribution is 2.19. The molecule has 3 heteroatoms. The van der Waals surface area contributed by atoms with Gasteiger partial charge in [0.1, 0.15) is 0 Å². The number of hydrogen-bond donors (Lipinski definition) is 1. The number of hydrogen-bond acceptors (Lipinski definition) is 3. The summed E-state index contributed by atoms with van der Waals surface area (Å²) in [5, 5.41) is 0. The van der Waals surface area contributed by atoms with Crippen molar-refractivity contribution in [3.63, 3.8) is 0 Å². The smallest absolute Gasteiger partial charge is 0.157 e. The van der Waals surface area contributed by atoms with Crippen molar-refractivity contribution in [2.45, 2.75) is 25.2 Å². The third-order valence-corrected chi connectivity index (χ3v) is 2.63. The molecule has 1 atom stereocenters. The van der Waals surface area contributed by atoms with Crippen molar-refractivity contribution in [1.82, 2.24) is 0 Å². The van der Waals surface area contributed by atoms with Gasteiger partial charge in [-0.3, -0.25) is 0 Å². The first-order valence-corrected chi connectivity index (χ1v) is 5.40. The zero-order valence-corrected chi connectivity index (χ0v) is 8.76. The van der Waals surface area contributed by atoms with Crippen LogP contribution in [0.5, 0.6) is 0 Å². The number of nitrogens with two attached hydrogens (primary N) is 1. The van der Waals surface area contributed by atoms with Gasteiger partial charge in [0.25, 0.3) is 0 Å². The van der Waals surface area contributed by atoms with Crippen LogP contribution in [0.15, 0.2) is 30.3 Å². The Morgan fingerprint density at radius 2 is 1.87 bits per heavy atom. The average Bonchev–Trinajstić information content (AvgIpc) is 2.80. The number of ether oxygens (including phenoxy) is 2. The summed E-state index contributed by atoms with van der Waals surface area (Å²) in [7, 11) is 0. The van der Waals surface area contributed by atoms with Crippen LogP contribution in [0.3, 0.4) is 0 Å². The normalized spacial score (nSPS) is 19.3. The van der Waals surface area contributed by atoms with Gasteiger partial charge in [0.2, 0.25) is 0 Å². The summed E-state index contributed by atoms with van der Waals surface area (Å²) in [5.74, 6) is 0. The fourth-order valence-electron chi connectivity index (χ4n) is 1.76. The predicted octanol–water partition coefficient (Wildman–Crippen LogP) is 1.84. The molecule has 1 heterocycles. The molecule has 2 N–H and O–H groups in total. The van der Waals surface area contributed by atoms with Crippen molar-refractivity contribution < 1.29 is 9.47 Å². The predicted molar refractivity (Wildman–Crippen MR) is 58.3 cm³/mol. The first-order chi connectivity index (χ1) is 7.36. The Morgan fingerprint density at radius 1 is 1.20 bits per heavy atom. The maximum absolute atomic E-state index is 6.06. The van der Waals surface area contributed by atoms with Crippen LogP contribution in [0.1, 0.15) is 24.4 Å². The van der Waals surface area contributed by atoms with E-state index >= 15 is 0 Å². The molecule has 1 fully saturated rings. The van der Waals surface area contributed by atoms with Gasteiger partial charge in [-0.15, -0.1) is 0 Å². The van der Waals surface area contributed by atoms with Crippen molar-refractivity contribution in [3.8, 4) is 0 Å². The minimum absolute atomic E-state index is 0.0419. The lowest BCUT2D eigenvalue weighted by Crippen LogP contribution is -2.15. The van der Waals surface area contributed by atoms with Crippen LogP contribution in [0.4, 0.5) is 0 Å². The lowest BCUT2D eigenvalue weighted by Gasteiger charge is -2.14. The third-order valence-electron chi connectivity index (χ3n) is 2.63. The molecular weight excluding hydrogens is 190 g/mol. The summed E-state index contributed by atoms with van der Waals surface area (Å²) in [5.41, 5.74) is 7.24. The number of benzene rings is 1. The van der Waals surface area contributed by atoms with E-state index in [2.05, 4.69) is 12.1 Å². The molecule has 1 unspecified atom stereocenters. The molecule has 1 aliphatic heterocycles. The molecule has 0 spiro atoms. The van der Waals surface area contributed by atoms with Gasteiger partial charge in [-0.05, 0) is 12.0 Å². The second-order valence-corrected chi connectivity index (χ2v) is 3.77. The molecule has 3 nitrogen and oxygen atoms in total. The topological polar surface area (TPSA) is 44.5 Å². The Morgan fingerprint density at radius 3 is 2.53 bits per heavy atom. The molecule has 1 aliphatic rings. The Bertz CT molecular complexity index is 283. The van der Waals surface area contributed by atoms with Crippen molar-refractivity contribution >= 4 is 0 Å². The fraction of sp³-hybridized carbons (Fsp3) is 0.500. The van der Waals surface area contributed by atoms with E-state index in [1.54, 1.807) is 0 Å². The molecule has 1 aromatic carbocycles. The molecule has 2 rings (SSSR count). The van der Waals surface area contributed by atoms with Gasteiger partial charge in [-0.25, -0.2) is 0 Å². The monoisotopic (exact) mass is 207 g/mol. The zero-order chi connectivity index (χ0) is 10.5. The van der Waals surface area contributed by atoms with Crippen LogP contribution in [0.25, 0.3) is 0 Å². The van der Waals surface area contributed by atoms with Gasteiger partial charge in [0.15, 0.2) is 6.29 Å². The molecule has 82 valence electrons. The maximum Gasteiger partial charge on any atom is 0.157 e. The first-order valence-electron chi connectivity index (χ1n) is 5.40. The van der Waals surface area contributed by atoms with Crippen LogP contribution in [-0.4, -0.2) is 19.5 Å².